The Labute approximate surface area is 162 Å². The molecule has 0 saturated heterocycles. The van der Waals surface area contributed by atoms with Crippen LogP contribution in [0.1, 0.15) is 35.2 Å². The third-order valence-electron chi connectivity index (χ3n) is 4.34. The van der Waals surface area contributed by atoms with Crippen LogP contribution >= 0.6 is 12.4 Å². The number of benzene rings is 3. The lowest BCUT2D eigenvalue weighted by Gasteiger charge is -2.15. The van der Waals surface area contributed by atoms with Gasteiger partial charge < -0.3 is 10.1 Å². The molecule has 0 spiro atoms. The van der Waals surface area contributed by atoms with Gasteiger partial charge in [0.05, 0.1) is 0 Å². The second-order valence-corrected chi connectivity index (χ2v) is 6.43. The minimum absolute atomic E-state index is 0. The highest BCUT2D eigenvalue weighted by molar-refractivity contribution is 5.85. The first kappa shape index (κ1) is 20.0. The van der Waals surface area contributed by atoms with Gasteiger partial charge in [0, 0.05) is 12.6 Å². The highest BCUT2D eigenvalue weighted by Crippen LogP contribution is 2.17. The first-order chi connectivity index (χ1) is 12.2. The van der Waals surface area contributed by atoms with E-state index in [4.69, 9.17) is 4.74 Å². The molecule has 0 fully saturated rings. The average Bonchev–Trinajstić information content (AvgIpc) is 2.67. The molecule has 2 nitrogen and oxygen atoms in total. The topological polar surface area (TPSA) is 21.3 Å². The van der Waals surface area contributed by atoms with E-state index in [-0.39, 0.29) is 12.4 Å². The smallest absolute Gasteiger partial charge is 0.120 e. The predicted molar refractivity (Wildman–Crippen MR) is 111 cm³/mol. The number of rotatable bonds is 7. The minimum atomic E-state index is 0. The Morgan fingerprint density at radius 1 is 0.846 bits per heavy atom. The Morgan fingerprint density at radius 3 is 2.31 bits per heavy atom. The molecule has 3 rings (SSSR count). The standard InChI is InChI=1S/C23H25NO.ClH/c1-18-11-13-20(14-12-18)17-25-23-10-6-7-21(15-23)16-24-19(2)22-8-4-3-5-9-22;/h3-15,19,24H,16-17H2,1-2H3;1H. The van der Waals surface area contributed by atoms with Crippen molar-refractivity contribution in [1.29, 1.82) is 0 Å². The maximum Gasteiger partial charge on any atom is 0.120 e. The maximum absolute atomic E-state index is 5.94. The van der Waals surface area contributed by atoms with Crippen molar-refractivity contribution in [2.45, 2.75) is 33.0 Å². The molecule has 3 aromatic carbocycles. The van der Waals surface area contributed by atoms with Crippen molar-refractivity contribution in [1.82, 2.24) is 5.32 Å². The molecular formula is C23H26ClNO. The van der Waals surface area contributed by atoms with Crippen LogP contribution in [-0.4, -0.2) is 0 Å². The van der Waals surface area contributed by atoms with E-state index in [1.165, 1.54) is 22.3 Å². The predicted octanol–water partition coefficient (Wildman–Crippen LogP) is 5.85. The summed E-state index contributed by atoms with van der Waals surface area (Å²) in [5.41, 5.74) is 4.98. The number of ether oxygens (including phenoxy) is 1. The van der Waals surface area contributed by atoms with Crippen molar-refractivity contribution in [2.75, 3.05) is 0 Å². The molecule has 1 unspecified atom stereocenters. The van der Waals surface area contributed by atoms with Gasteiger partial charge in [0.25, 0.3) is 0 Å². The molecule has 0 bridgehead atoms. The summed E-state index contributed by atoms with van der Waals surface area (Å²) in [5.74, 6) is 0.909. The molecule has 0 heterocycles. The van der Waals surface area contributed by atoms with E-state index in [1.807, 2.05) is 12.1 Å². The summed E-state index contributed by atoms with van der Waals surface area (Å²) in [6, 6.07) is 27.6. The molecule has 0 saturated carbocycles. The van der Waals surface area contributed by atoms with Gasteiger partial charge >= 0.3 is 0 Å². The Balaban J connectivity index is 0.00000243. The van der Waals surface area contributed by atoms with Crippen molar-refractivity contribution < 1.29 is 4.74 Å². The molecule has 0 amide bonds. The van der Waals surface area contributed by atoms with Gasteiger partial charge in [-0.25, -0.2) is 0 Å². The largest absolute Gasteiger partial charge is 0.489 e. The van der Waals surface area contributed by atoms with Gasteiger partial charge in [-0.05, 0) is 42.7 Å². The second kappa shape index (κ2) is 10.0. The molecule has 0 aliphatic heterocycles. The van der Waals surface area contributed by atoms with Gasteiger partial charge in [-0.15, -0.1) is 12.4 Å². The lowest BCUT2D eigenvalue weighted by Crippen LogP contribution is -2.17. The third-order valence-corrected chi connectivity index (χ3v) is 4.34. The van der Waals surface area contributed by atoms with Crippen LogP contribution in [0.3, 0.4) is 0 Å². The lowest BCUT2D eigenvalue weighted by molar-refractivity contribution is 0.306. The molecule has 0 aliphatic carbocycles. The fourth-order valence-corrected chi connectivity index (χ4v) is 2.73. The average molecular weight is 368 g/mol. The second-order valence-electron chi connectivity index (χ2n) is 6.43. The van der Waals surface area contributed by atoms with Crippen LogP contribution < -0.4 is 10.1 Å². The van der Waals surface area contributed by atoms with Crippen LogP contribution in [0, 0.1) is 6.92 Å². The van der Waals surface area contributed by atoms with Crippen LogP contribution in [0.25, 0.3) is 0 Å². The zero-order chi connectivity index (χ0) is 17.5. The van der Waals surface area contributed by atoms with E-state index in [1.54, 1.807) is 0 Å². The maximum atomic E-state index is 5.94. The zero-order valence-electron chi connectivity index (χ0n) is 15.3. The van der Waals surface area contributed by atoms with E-state index in [0.29, 0.717) is 12.6 Å². The Morgan fingerprint density at radius 2 is 1.58 bits per heavy atom. The molecule has 3 aromatic rings. The SMILES string of the molecule is Cc1ccc(COc2cccc(CNC(C)c3ccccc3)c2)cc1.Cl. The molecule has 0 radical (unpaired) electrons. The number of nitrogens with one attached hydrogen (secondary N) is 1. The first-order valence-electron chi connectivity index (χ1n) is 8.76. The summed E-state index contributed by atoms with van der Waals surface area (Å²) in [5, 5.41) is 3.57. The van der Waals surface area contributed by atoms with Crippen LogP contribution in [0.4, 0.5) is 0 Å². The van der Waals surface area contributed by atoms with E-state index >= 15 is 0 Å². The molecule has 3 heteroatoms. The van der Waals surface area contributed by atoms with Gasteiger partial charge in [-0.1, -0.05) is 72.3 Å². The first-order valence-corrected chi connectivity index (χ1v) is 8.76. The summed E-state index contributed by atoms with van der Waals surface area (Å²) < 4.78 is 5.94. The summed E-state index contributed by atoms with van der Waals surface area (Å²) >= 11 is 0. The Kier molecular flexibility index (Phi) is 7.71. The van der Waals surface area contributed by atoms with Gasteiger partial charge in [0.2, 0.25) is 0 Å². The molecule has 0 aromatic heterocycles. The van der Waals surface area contributed by atoms with Crippen molar-refractivity contribution in [2.24, 2.45) is 0 Å². The summed E-state index contributed by atoms with van der Waals surface area (Å²) in [6.45, 7) is 5.69. The van der Waals surface area contributed by atoms with E-state index in [0.717, 1.165) is 12.3 Å². The van der Waals surface area contributed by atoms with Crippen molar-refractivity contribution in [3.63, 3.8) is 0 Å². The number of halogens is 1. The molecule has 0 aliphatic rings. The summed E-state index contributed by atoms with van der Waals surface area (Å²) in [7, 11) is 0. The van der Waals surface area contributed by atoms with E-state index < -0.39 is 0 Å². The van der Waals surface area contributed by atoms with Crippen LogP contribution in [0.5, 0.6) is 5.75 Å². The number of aryl methyl sites for hydroxylation is 1. The molecule has 136 valence electrons. The minimum Gasteiger partial charge on any atom is -0.489 e. The fraction of sp³-hybridized carbons (Fsp3) is 0.217. The highest BCUT2D eigenvalue weighted by Gasteiger charge is 2.04. The number of hydrogen-bond acceptors (Lipinski definition) is 2. The van der Waals surface area contributed by atoms with Crippen molar-refractivity contribution in [3.8, 4) is 5.75 Å². The van der Waals surface area contributed by atoms with Crippen molar-refractivity contribution >= 4 is 12.4 Å². The summed E-state index contributed by atoms with van der Waals surface area (Å²) in [6.07, 6.45) is 0. The molecular weight excluding hydrogens is 342 g/mol. The van der Waals surface area contributed by atoms with Gasteiger partial charge in [-0.2, -0.15) is 0 Å². The van der Waals surface area contributed by atoms with Gasteiger partial charge in [-0.3, -0.25) is 0 Å². The zero-order valence-corrected chi connectivity index (χ0v) is 16.1. The molecule has 26 heavy (non-hydrogen) atoms. The Bertz CT molecular complexity index is 787. The number of hydrogen-bond donors (Lipinski definition) is 1. The Hall–Kier alpha value is -2.29. The molecule has 1 N–H and O–H groups in total. The van der Waals surface area contributed by atoms with Crippen LogP contribution in [0.15, 0.2) is 78.9 Å². The van der Waals surface area contributed by atoms with Crippen molar-refractivity contribution in [3.05, 3.63) is 101 Å². The van der Waals surface area contributed by atoms with Crippen LogP contribution in [-0.2, 0) is 13.2 Å². The normalized spacial score (nSPS) is 11.5. The van der Waals surface area contributed by atoms with E-state index in [9.17, 15) is 0 Å². The molecule has 1 atom stereocenters. The highest BCUT2D eigenvalue weighted by atomic mass is 35.5. The van der Waals surface area contributed by atoms with Gasteiger partial charge in [0.1, 0.15) is 12.4 Å². The monoisotopic (exact) mass is 367 g/mol. The van der Waals surface area contributed by atoms with Crippen LogP contribution in [0.2, 0.25) is 0 Å². The summed E-state index contributed by atoms with van der Waals surface area (Å²) in [4.78, 5) is 0. The fourth-order valence-electron chi connectivity index (χ4n) is 2.73. The van der Waals surface area contributed by atoms with E-state index in [2.05, 4.69) is 85.9 Å². The lowest BCUT2D eigenvalue weighted by atomic mass is 10.1. The van der Waals surface area contributed by atoms with Gasteiger partial charge in [0.15, 0.2) is 0 Å². The third kappa shape index (κ3) is 5.91. The quantitative estimate of drug-likeness (QED) is 0.565.